The highest BCUT2D eigenvalue weighted by Gasteiger charge is 2.11. The lowest BCUT2D eigenvalue weighted by atomic mass is 9.91. The van der Waals surface area contributed by atoms with Crippen LogP contribution in [0.15, 0.2) is 30.3 Å². The van der Waals surface area contributed by atoms with Gasteiger partial charge in [-0.1, -0.05) is 18.2 Å². The molecular formula is C14H19NO. The maximum Gasteiger partial charge on any atom is 0.119 e. The van der Waals surface area contributed by atoms with Gasteiger partial charge in [0.25, 0.3) is 0 Å². The van der Waals surface area contributed by atoms with Gasteiger partial charge in [0, 0.05) is 6.04 Å². The molecule has 0 amide bonds. The summed E-state index contributed by atoms with van der Waals surface area (Å²) >= 11 is 0. The molecule has 2 N–H and O–H groups in total. The third-order valence-electron chi connectivity index (χ3n) is 2.97. The Morgan fingerprint density at radius 2 is 2.31 bits per heavy atom. The average molecular weight is 217 g/mol. The van der Waals surface area contributed by atoms with Crippen molar-refractivity contribution in [3.05, 3.63) is 35.9 Å². The summed E-state index contributed by atoms with van der Waals surface area (Å²) in [5.74, 6) is 0.954. The molecule has 1 aromatic carbocycles. The molecule has 0 bridgehead atoms. The van der Waals surface area contributed by atoms with E-state index >= 15 is 0 Å². The van der Waals surface area contributed by atoms with Crippen LogP contribution in [-0.4, -0.2) is 12.6 Å². The van der Waals surface area contributed by atoms with Gasteiger partial charge in [-0.3, -0.25) is 0 Å². The molecule has 2 nitrogen and oxygen atoms in total. The van der Waals surface area contributed by atoms with Crippen molar-refractivity contribution < 1.29 is 4.74 Å². The highest BCUT2D eigenvalue weighted by atomic mass is 16.5. The number of hydrogen-bond acceptors (Lipinski definition) is 2. The van der Waals surface area contributed by atoms with Crippen molar-refractivity contribution in [1.29, 1.82) is 0 Å². The van der Waals surface area contributed by atoms with Crippen LogP contribution in [0.1, 0.15) is 31.7 Å². The zero-order chi connectivity index (χ0) is 11.4. The molecule has 0 aromatic heterocycles. The lowest BCUT2D eigenvalue weighted by molar-refractivity contribution is 0.340. The Morgan fingerprint density at radius 1 is 1.44 bits per heavy atom. The summed E-state index contributed by atoms with van der Waals surface area (Å²) in [7, 11) is 0. The molecule has 1 aromatic rings. The second-order valence-corrected chi connectivity index (χ2v) is 4.22. The minimum absolute atomic E-state index is 0.346. The van der Waals surface area contributed by atoms with E-state index in [4.69, 9.17) is 10.5 Å². The van der Waals surface area contributed by atoms with Crippen molar-refractivity contribution >= 4 is 5.57 Å². The lowest BCUT2D eigenvalue weighted by Crippen LogP contribution is -2.21. The molecule has 0 saturated carbocycles. The zero-order valence-electron chi connectivity index (χ0n) is 9.78. The van der Waals surface area contributed by atoms with E-state index in [0.29, 0.717) is 12.6 Å². The Labute approximate surface area is 97.1 Å². The van der Waals surface area contributed by atoms with Gasteiger partial charge < -0.3 is 10.5 Å². The summed E-state index contributed by atoms with van der Waals surface area (Å²) in [5, 5.41) is 0. The van der Waals surface area contributed by atoms with Crippen LogP contribution in [0.4, 0.5) is 0 Å². The van der Waals surface area contributed by atoms with Gasteiger partial charge >= 0.3 is 0 Å². The van der Waals surface area contributed by atoms with Gasteiger partial charge in [-0.05, 0) is 49.5 Å². The molecular weight excluding hydrogens is 198 g/mol. The Balaban J connectivity index is 2.17. The first-order valence-electron chi connectivity index (χ1n) is 5.97. The van der Waals surface area contributed by atoms with Gasteiger partial charge in [0.1, 0.15) is 5.75 Å². The Bertz CT molecular complexity index is 384. The molecule has 0 saturated heterocycles. The van der Waals surface area contributed by atoms with Crippen molar-refractivity contribution in [2.24, 2.45) is 5.73 Å². The predicted molar refractivity (Wildman–Crippen MR) is 67.4 cm³/mol. The van der Waals surface area contributed by atoms with Crippen LogP contribution in [0, 0.1) is 0 Å². The topological polar surface area (TPSA) is 35.2 Å². The second kappa shape index (κ2) is 5.17. The van der Waals surface area contributed by atoms with E-state index in [-0.39, 0.29) is 0 Å². The molecule has 0 radical (unpaired) electrons. The van der Waals surface area contributed by atoms with Crippen molar-refractivity contribution in [2.45, 2.75) is 32.2 Å². The van der Waals surface area contributed by atoms with Crippen LogP contribution in [-0.2, 0) is 0 Å². The normalized spacial score (nSPS) is 20.4. The maximum absolute atomic E-state index is 5.88. The predicted octanol–water partition coefficient (Wildman–Crippen LogP) is 2.98. The molecule has 2 rings (SSSR count). The van der Waals surface area contributed by atoms with E-state index in [1.807, 2.05) is 13.0 Å². The molecule has 1 atom stereocenters. The van der Waals surface area contributed by atoms with E-state index in [0.717, 1.165) is 25.0 Å². The van der Waals surface area contributed by atoms with Crippen LogP contribution in [0.2, 0.25) is 0 Å². The third-order valence-corrected chi connectivity index (χ3v) is 2.97. The van der Waals surface area contributed by atoms with Gasteiger partial charge in [0.2, 0.25) is 0 Å². The molecule has 86 valence electrons. The van der Waals surface area contributed by atoms with Gasteiger partial charge in [-0.15, -0.1) is 0 Å². The molecule has 0 heterocycles. The van der Waals surface area contributed by atoms with Gasteiger partial charge in [-0.25, -0.2) is 0 Å². The summed E-state index contributed by atoms with van der Waals surface area (Å²) in [6, 6.07) is 8.66. The minimum atomic E-state index is 0.346. The average Bonchev–Trinajstić information content (AvgIpc) is 2.31. The van der Waals surface area contributed by atoms with Crippen molar-refractivity contribution in [3.63, 3.8) is 0 Å². The van der Waals surface area contributed by atoms with Gasteiger partial charge in [-0.2, -0.15) is 0 Å². The number of allylic oxidation sites excluding steroid dienone is 1. The first kappa shape index (κ1) is 11.2. The number of nitrogens with two attached hydrogens (primary N) is 1. The quantitative estimate of drug-likeness (QED) is 0.844. The van der Waals surface area contributed by atoms with E-state index in [2.05, 4.69) is 24.3 Å². The first-order valence-corrected chi connectivity index (χ1v) is 5.97. The number of benzene rings is 1. The largest absolute Gasteiger partial charge is 0.494 e. The van der Waals surface area contributed by atoms with Crippen molar-refractivity contribution in [1.82, 2.24) is 0 Å². The Morgan fingerprint density at radius 3 is 3.00 bits per heavy atom. The third kappa shape index (κ3) is 2.64. The molecule has 2 heteroatoms. The van der Waals surface area contributed by atoms with Crippen LogP contribution < -0.4 is 10.5 Å². The van der Waals surface area contributed by atoms with Crippen LogP contribution >= 0.6 is 0 Å². The highest BCUT2D eigenvalue weighted by molar-refractivity contribution is 5.67. The standard InChI is InChI=1S/C14H19NO/c1-2-16-14-5-3-4-12(10-14)11-6-8-13(15)9-7-11/h3-6,10,13H,2,7-9,15H2,1H3. The fourth-order valence-corrected chi connectivity index (χ4v) is 2.07. The summed E-state index contributed by atoms with van der Waals surface area (Å²) in [5.41, 5.74) is 8.56. The van der Waals surface area contributed by atoms with Crippen LogP contribution in [0.3, 0.4) is 0 Å². The van der Waals surface area contributed by atoms with Crippen LogP contribution in [0.25, 0.3) is 5.57 Å². The zero-order valence-corrected chi connectivity index (χ0v) is 9.78. The van der Waals surface area contributed by atoms with Crippen LogP contribution in [0.5, 0.6) is 5.75 Å². The monoisotopic (exact) mass is 217 g/mol. The maximum atomic E-state index is 5.88. The molecule has 1 unspecified atom stereocenters. The van der Waals surface area contributed by atoms with E-state index < -0.39 is 0 Å². The fourth-order valence-electron chi connectivity index (χ4n) is 2.07. The second-order valence-electron chi connectivity index (χ2n) is 4.22. The summed E-state index contributed by atoms with van der Waals surface area (Å²) < 4.78 is 5.51. The first-order chi connectivity index (χ1) is 7.79. The molecule has 1 aliphatic carbocycles. The number of rotatable bonds is 3. The molecule has 0 aliphatic heterocycles. The minimum Gasteiger partial charge on any atom is -0.494 e. The molecule has 1 aliphatic rings. The number of hydrogen-bond donors (Lipinski definition) is 1. The smallest absolute Gasteiger partial charge is 0.119 e. The van der Waals surface area contributed by atoms with Gasteiger partial charge in [0.05, 0.1) is 6.61 Å². The summed E-state index contributed by atoms with van der Waals surface area (Å²) in [4.78, 5) is 0. The molecule has 0 fully saturated rings. The van der Waals surface area contributed by atoms with E-state index in [9.17, 15) is 0 Å². The molecule has 0 spiro atoms. The lowest BCUT2D eigenvalue weighted by Gasteiger charge is -2.18. The highest BCUT2D eigenvalue weighted by Crippen LogP contribution is 2.28. The fraction of sp³-hybridized carbons (Fsp3) is 0.429. The number of ether oxygens (including phenoxy) is 1. The summed E-state index contributed by atoms with van der Waals surface area (Å²) in [6.45, 7) is 2.72. The Kier molecular flexibility index (Phi) is 3.62. The SMILES string of the molecule is CCOc1cccc(C2=CCC(N)CC2)c1. The van der Waals surface area contributed by atoms with Crippen molar-refractivity contribution in [2.75, 3.05) is 6.61 Å². The Hall–Kier alpha value is -1.28. The summed E-state index contributed by atoms with van der Waals surface area (Å²) in [6.07, 6.45) is 5.43. The molecule has 16 heavy (non-hydrogen) atoms. The van der Waals surface area contributed by atoms with E-state index in [1.165, 1.54) is 11.1 Å². The van der Waals surface area contributed by atoms with Crippen molar-refractivity contribution in [3.8, 4) is 5.75 Å². The van der Waals surface area contributed by atoms with Gasteiger partial charge in [0.15, 0.2) is 0 Å². The van der Waals surface area contributed by atoms with E-state index in [1.54, 1.807) is 0 Å².